The monoisotopic (exact) mass is 226 g/mol. The summed E-state index contributed by atoms with van der Waals surface area (Å²) in [5.74, 6) is 0.852. The molecule has 1 N–H and O–H groups in total. The maximum atomic E-state index is 5.37. The predicted molar refractivity (Wildman–Crippen MR) is 66.7 cm³/mol. The van der Waals surface area contributed by atoms with Gasteiger partial charge in [-0.2, -0.15) is 0 Å². The molecule has 0 spiro atoms. The van der Waals surface area contributed by atoms with Crippen LogP contribution < -0.4 is 5.32 Å². The van der Waals surface area contributed by atoms with Gasteiger partial charge in [0.2, 0.25) is 0 Å². The predicted octanol–water partition coefficient (Wildman–Crippen LogP) is 1.49. The number of likely N-dealkylation sites (N-methyl/N-ethyl adjacent to an activating group) is 1. The second-order valence-electron chi connectivity index (χ2n) is 5.12. The van der Waals surface area contributed by atoms with Crippen molar-refractivity contribution in [3.05, 3.63) is 0 Å². The highest BCUT2D eigenvalue weighted by Crippen LogP contribution is 2.25. The van der Waals surface area contributed by atoms with Crippen molar-refractivity contribution in [2.24, 2.45) is 5.92 Å². The summed E-state index contributed by atoms with van der Waals surface area (Å²) in [6, 6.07) is 0.912. The van der Waals surface area contributed by atoms with E-state index in [9.17, 15) is 0 Å². The van der Waals surface area contributed by atoms with Crippen molar-refractivity contribution < 1.29 is 4.74 Å². The number of nitrogens with one attached hydrogen (secondary N) is 1. The quantitative estimate of drug-likeness (QED) is 0.666. The van der Waals surface area contributed by atoms with Crippen molar-refractivity contribution in [2.75, 3.05) is 39.4 Å². The van der Waals surface area contributed by atoms with Crippen LogP contribution in [0.5, 0.6) is 0 Å². The van der Waals surface area contributed by atoms with E-state index in [1.54, 1.807) is 0 Å². The molecule has 1 heterocycles. The topological polar surface area (TPSA) is 24.5 Å². The molecule has 1 aliphatic heterocycles. The third-order valence-corrected chi connectivity index (χ3v) is 3.82. The van der Waals surface area contributed by atoms with Gasteiger partial charge >= 0.3 is 0 Å². The minimum Gasteiger partial charge on any atom is -0.381 e. The lowest BCUT2D eigenvalue weighted by Gasteiger charge is -2.24. The molecule has 0 bridgehead atoms. The summed E-state index contributed by atoms with van der Waals surface area (Å²) in [5, 5.41) is 3.61. The molecule has 0 atom stereocenters. The van der Waals surface area contributed by atoms with Crippen LogP contribution in [-0.4, -0.2) is 50.3 Å². The minimum absolute atomic E-state index is 0.852. The highest BCUT2D eigenvalue weighted by molar-refractivity contribution is 4.84. The van der Waals surface area contributed by atoms with Crippen molar-refractivity contribution in [2.45, 2.75) is 38.6 Å². The average molecular weight is 226 g/mol. The molecular weight excluding hydrogens is 200 g/mol. The van der Waals surface area contributed by atoms with E-state index < -0.39 is 0 Å². The van der Waals surface area contributed by atoms with Gasteiger partial charge in [-0.1, -0.05) is 6.92 Å². The molecule has 0 aromatic heterocycles. The first-order valence-corrected chi connectivity index (χ1v) is 6.92. The van der Waals surface area contributed by atoms with E-state index in [4.69, 9.17) is 4.74 Å². The fourth-order valence-electron chi connectivity index (χ4n) is 2.52. The Bertz CT molecular complexity index is 188. The van der Waals surface area contributed by atoms with Crippen molar-refractivity contribution in [1.82, 2.24) is 10.2 Å². The Morgan fingerprint density at radius 2 is 1.94 bits per heavy atom. The van der Waals surface area contributed by atoms with Crippen LogP contribution in [0.4, 0.5) is 0 Å². The normalized spacial score (nSPS) is 22.9. The van der Waals surface area contributed by atoms with Crippen LogP contribution in [0.2, 0.25) is 0 Å². The van der Waals surface area contributed by atoms with E-state index in [1.807, 2.05) is 0 Å². The molecule has 0 aromatic carbocycles. The Labute approximate surface area is 99.5 Å². The van der Waals surface area contributed by atoms with E-state index in [0.717, 1.165) is 31.7 Å². The Balaban J connectivity index is 1.50. The van der Waals surface area contributed by atoms with Gasteiger partial charge in [-0.25, -0.2) is 0 Å². The smallest absolute Gasteiger partial charge is 0.0469 e. The molecule has 3 nitrogen and oxygen atoms in total. The fraction of sp³-hybridized carbons (Fsp3) is 1.00. The summed E-state index contributed by atoms with van der Waals surface area (Å²) in [6.45, 7) is 8.99. The zero-order chi connectivity index (χ0) is 11.2. The van der Waals surface area contributed by atoms with E-state index in [0.29, 0.717) is 0 Å². The molecule has 0 unspecified atom stereocenters. The van der Waals surface area contributed by atoms with Gasteiger partial charge in [0.15, 0.2) is 0 Å². The van der Waals surface area contributed by atoms with Crippen LogP contribution in [-0.2, 0) is 4.74 Å². The Kier molecular flexibility index (Phi) is 5.07. The molecule has 3 heteroatoms. The van der Waals surface area contributed by atoms with Crippen LogP contribution in [0.15, 0.2) is 0 Å². The molecule has 16 heavy (non-hydrogen) atoms. The van der Waals surface area contributed by atoms with E-state index in [-0.39, 0.29) is 0 Å². The lowest BCUT2D eigenvalue weighted by molar-refractivity contribution is 0.0661. The van der Waals surface area contributed by atoms with Crippen LogP contribution >= 0.6 is 0 Å². The third kappa shape index (κ3) is 4.04. The number of hydrogen-bond acceptors (Lipinski definition) is 3. The summed E-state index contributed by atoms with van der Waals surface area (Å²) < 4.78 is 5.37. The van der Waals surface area contributed by atoms with Gasteiger partial charge in [0.25, 0.3) is 0 Å². The Morgan fingerprint density at radius 1 is 1.19 bits per heavy atom. The van der Waals surface area contributed by atoms with Crippen LogP contribution in [0.3, 0.4) is 0 Å². The molecule has 1 saturated heterocycles. The number of rotatable bonds is 7. The van der Waals surface area contributed by atoms with Crippen molar-refractivity contribution >= 4 is 0 Å². The van der Waals surface area contributed by atoms with Gasteiger partial charge in [-0.15, -0.1) is 0 Å². The highest BCUT2D eigenvalue weighted by Gasteiger charge is 2.27. The van der Waals surface area contributed by atoms with Crippen LogP contribution in [0.1, 0.15) is 32.6 Å². The average Bonchev–Trinajstić information content (AvgIpc) is 3.15. The van der Waals surface area contributed by atoms with Gasteiger partial charge in [0.1, 0.15) is 0 Å². The van der Waals surface area contributed by atoms with E-state index >= 15 is 0 Å². The van der Waals surface area contributed by atoms with E-state index in [2.05, 4.69) is 17.1 Å². The van der Waals surface area contributed by atoms with Crippen molar-refractivity contribution in [1.29, 1.82) is 0 Å². The minimum atomic E-state index is 0.852. The maximum Gasteiger partial charge on any atom is 0.0469 e. The molecule has 0 radical (unpaired) electrons. The maximum absolute atomic E-state index is 5.37. The van der Waals surface area contributed by atoms with Crippen molar-refractivity contribution in [3.63, 3.8) is 0 Å². The van der Waals surface area contributed by atoms with E-state index in [1.165, 1.54) is 45.3 Å². The van der Waals surface area contributed by atoms with Crippen LogP contribution in [0, 0.1) is 5.92 Å². The van der Waals surface area contributed by atoms with Gasteiger partial charge in [-0.05, 0) is 44.7 Å². The second kappa shape index (κ2) is 6.58. The molecule has 94 valence electrons. The fourth-order valence-corrected chi connectivity index (χ4v) is 2.52. The second-order valence-corrected chi connectivity index (χ2v) is 5.12. The Hall–Kier alpha value is -0.120. The SMILES string of the molecule is CCN(CCNCC1CCOCC1)C1CC1. The standard InChI is InChI=1S/C13H26N2O/c1-2-15(13-3-4-13)8-7-14-11-12-5-9-16-10-6-12/h12-14H,2-11H2,1H3. The zero-order valence-electron chi connectivity index (χ0n) is 10.6. The summed E-state index contributed by atoms with van der Waals surface area (Å²) in [6.07, 6.45) is 5.34. The highest BCUT2D eigenvalue weighted by atomic mass is 16.5. The van der Waals surface area contributed by atoms with Gasteiger partial charge in [-0.3, -0.25) is 4.90 Å². The first-order valence-electron chi connectivity index (χ1n) is 6.92. The molecule has 2 fully saturated rings. The molecular formula is C13H26N2O. The van der Waals surface area contributed by atoms with Gasteiger partial charge in [0.05, 0.1) is 0 Å². The van der Waals surface area contributed by atoms with Gasteiger partial charge < -0.3 is 10.1 Å². The summed E-state index contributed by atoms with van der Waals surface area (Å²) >= 11 is 0. The lowest BCUT2D eigenvalue weighted by Crippen LogP contribution is -2.36. The molecule has 0 aromatic rings. The number of hydrogen-bond donors (Lipinski definition) is 1. The van der Waals surface area contributed by atoms with Crippen molar-refractivity contribution in [3.8, 4) is 0 Å². The zero-order valence-corrected chi connectivity index (χ0v) is 10.6. The lowest BCUT2D eigenvalue weighted by atomic mass is 10.0. The molecule has 1 aliphatic carbocycles. The molecule has 0 amide bonds. The van der Waals surface area contributed by atoms with Crippen LogP contribution in [0.25, 0.3) is 0 Å². The largest absolute Gasteiger partial charge is 0.381 e. The number of ether oxygens (including phenoxy) is 1. The first-order chi connectivity index (χ1) is 7.90. The molecule has 1 saturated carbocycles. The molecule has 2 aliphatic rings. The molecule has 2 rings (SSSR count). The van der Waals surface area contributed by atoms with Gasteiger partial charge in [0, 0.05) is 32.3 Å². The Morgan fingerprint density at radius 3 is 2.56 bits per heavy atom. The summed E-state index contributed by atoms with van der Waals surface area (Å²) in [5.41, 5.74) is 0. The summed E-state index contributed by atoms with van der Waals surface area (Å²) in [7, 11) is 0. The number of nitrogens with zero attached hydrogens (tertiary/aromatic N) is 1. The third-order valence-electron chi connectivity index (χ3n) is 3.82. The summed E-state index contributed by atoms with van der Waals surface area (Å²) in [4.78, 5) is 2.61. The first kappa shape index (κ1) is 12.3.